The summed E-state index contributed by atoms with van der Waals surface area (Å²) in [5.74, 6) is 0. The van der Waals surface area contributed by atoms with Crippen LogP contribution in [-0.2, 0) is 17.7 Å². The van der Waals surface area contributed by atoms with Crippen molar-refractivity contribution in [3.63, 3.8) is 0 Å². The first kappa shape index (κ1) is 12.7. The Morgan fingerprint density at radius 3 is 3.12 bits per heavy atom. The van der Waals surface area contributed by atoms with Crippen molar-refractivity contribution in [1.82, 2.24) is 4.57 Å². The molecule has 1 aliphatic rings. The number of aromatic nitrogens is 1. The molecule has 0 saturated carbocycles. The van der Waals surface area contributed by atoms with Crippen molar-refractivity contribution in [1.29, 1.82) is 0 Å². The van der Waals surface area contributed by atoms with Gasteiger partial charge in [-0.2, -0.15) is 0 Å². The number of hydrogen-bond donors (Lipinski definition) is 1. The second-order valence-electron chi connectivity index (χ2n) is 4.88. The van der Waals surface area contributed by atoms with Crippen LogP contribution in [-0.4, -0.2) is 17.8 Å². The van der Waals surface area contributed by atoms with Gasteiger partial charge in [0.05, 0.1) is 0 Å². The highest BCUT2D eigenvalue weighted by Gasteiger charge is 2.16. The van der Waals surface area contributed by atoms with Crippen LogP contribution in [0.15, 0.2) is 12.4 Å². The van der Waals surface area contributed by atoms with E-state index in [4.69, 9.17) is 10.5 Å². The Balaban J connectivity index is 1.94. The van der Waals surface area contributed by atoms with Gasteiger partial charge in [-0.15, -0.1) is 0 Å². The van der Waals surface area contributed by atoms with Crippen LogP contribution in [0.25, 0.3) is 0 Å². The van der Waals surface area contributed by atoms with E-state index in [2.05, 4.69) is 17.0 Å². The normalized spacial score (nSPS) is 20.0. The molecule has 0 aliphatic heterocycles. The fourth-order valence-electron chi connectivity index (χ4n) is 2.57. The molecule has 0 aromatic carbocycles. The summed E-state index contributed by atoms with van der Waals surface area (Å²) < 4.78 is 7.65. The van der Waals surface area contributed by atoms with Crippen LogP contribution in [0.4, 0.5) is 0 Å². The molecule has 0 radical (unpaired) electrons. The van der Waals surface area contributed by atoms with Crippen molar-refractivity contribution in [3.05, 3.63) is 23.5 Å². The summed E-state index contributed by atoms with van der Waals surface area (Å²) in [7, 11) is 0. The Morgan fingerprint density at radius 1 is 1.41 bits per heavy atom. The number of hydrogen-bond acceptors (Lipinski definition) is 2. The molecule has 3 heteroatoms. The van der Waals surface area contributed by atoms with Crippen molar-refractivity contribution in [2.24, 2.45) is 5.73 Å². The van der Waals surface area contributed by atoms with E-state index in [1.54, 1.807) is 0 Å². The number of ether oxygens (including phenoxy) is 1. The fourth-order valence-corrected chi connectivity index (χ4v) is 2.57. The summed E-state index contributed by atoms with van der Waals surface area (Å²) in [6, 6.07) is 0.251. The average molecular weight is 236 g/mol. The number of fused-ring (bicyclic) bond motifs is 1. The maximum absolute atomic E-state index is 6.20. The van der Waals surface area contributed by atoms with Crippen LogP contribution in [0.2, 0.25) is 0 Å². The SMILES string of the molecule is CCOCCCn1cc2c(c1)C(N)CCCC2. The lowest BCUT2D eigenvalue weighted by molar-refractivity contribution is 0.141. The first-order valence-corrected chi connectivity index (χ1v) is 6.83. The molecule has 1 unspecified atom stereocenters. The zero-order chi connectivity index (χ0) is 12.1. The van der Waals surface area contributed by atoms with E-state index >= 15 is 0 Å². The Morgan fingerprint density at radius 2 is 2.29 bits per heavy atom. The molecule has 0 bridgehead atoms. The van der Waals surface area contributed by atoms with Gasteiger partial charge in [0, 0.05) is 38.2 Å². The predicted octanol–water partition coefficient (Wildman–Crippen LogP) is 2.64. The topological polar surface area (TPSA) is 40.2 Å². The van der Waals surface area contributed by atoms with E-state index in [0.717, 1.165) is 32.6 Å². The van der Waals surface area contributed by atoms with E-state index in [-0.39, 0.29) is 6.04 Å². The molecule has 1 atom stereocenters. The molecule has 3 nitrogen and oxygen atoms in total. The molecule has 0 fully saturated rings. The molecule has 1 heterocycles. The third-order valence-corrected chi connectivity index (χ3v) is 3.52. The summed E-state index contributed by atoms with van der Waals surface area (Å²) in [6.07, 6.45) is 10.5. The molecule has 96 valence electrons. The maximum Gasteiger partial charge on any atom is 0.0482 e. The standard InChI is InChI=1S/C14H24N2O/c1-2-17-9-5-8-16-10-12-6-3-4-7-14(15)13(12)11-16/h10-11,14H,2-9,15H2,1H3. The molecule has 1 aromatic heterocycles. The molecular formula is C14H24N2O. The van der Waals surface area contributed by atoms with E-state index < -0.39 is 0 Å². The summed E-state index contributed by atoms with van der Waals surface area (Å²) in [5.41, 5.74) is 9.04. The minimum absolute atomic E-state index is 0.251. The van der Waals surface area contributed by atoms with Crippen LogP contribution in [0.3, 0.4) is 0 Å². The zero-order valence-corrected chi connectivity index (χ0v) is 10.8. The molecule has 1 aliphatic carbocycles. The van der Waals surface area contributed by atoms with Gasteiger partial charge in [0.1, 0.15) is 0 Å². The molecule has 0 spiro atoms. The summed E-state index contributed by atoms with van der Waals surface area (Å²) in [4.78, 5) is 0. The lowest BCUT2D eigenvalue weighted by Crippen LogP contribution is -2.09. The highest BCUT2D eigenvalue weighted by Crippen LogP contribution is 2.27. The molecule has 2 rings (SSSR count). The summed E-state index contributed by atoms with van der Waals surface area (Å²) in [5, 5.41) is 0. The van der Waals surface area contributed by atoms with Crippen molar-refractivity contribution in [2.75, 3.05) is 13.2 Å². The van der Waals surface area contributed by atoms with Gasteiger partial charge in [0.15, 0.2) is 0 Å². The van der Waals surface area contributed by atoms with Gasteiger partial charge < -0.3 is 15.0 Å². The maximum atomic E-state index is 6.20. The quantitative estimate of drug-likeness (QED) is 0.630. The molecule has 17 heavy (non-hydrogen) atoms. The highest BCUT2D eigenvalue weighted by molar-refractivity contribution is 5.28. The van der Waals surface area contributed by atoms with Crippen LogP contribution >= 0.6 is 0 Å². The van der Waals surface area contributed by atoms with Crippen molar-refractivity contribution < 1.29 is 4.74 Å². The number of nitrogens with zero attached hydrogens (tertiary/aromatic N) is 1. The van der Waals surface area contributed by atoms with Crippen molar-refractivity contribution in [3.8, 4) is 0 Å². The Bertz CT molecular complexity index is 346. The van der Waals surface area contributed by atoms with Crippen LogP contribution in [0, 0.1) is 0 Å². The van der Waals surface area contributed by atoms with E-state index in [1.807, 2.05) is 6.92 Å². The second kappa shape index (κ2) is 6.22. The fraction of sp³-hybridized carbons (Fsp3) is 0.714. The van der Waals surface area contributed by atoms with Gasteiger partial charge in [-0.1, -0.05) is 6.42 Å². The Kier molecular flexibility index (Phi) is 4.63. The van der Waals surface area contributed by atoms with Gasteiger partial charge >= 0.3 is 0 Å². The Hall–Kier alpha value is -0.800. The van der Waals surface area contributed by atoms with Crippen molar-refractivity contribution >= 4 is 0 Å². The van der Waals surface area contributed by atoms with Gasteiger partial charge in [-0.05, 0) is 43.7 Å². The first-order chi connectivity index (χ1) is 8.31. The van der Waals surface area contributed by atoms with Gasteiger partial charge in [0.25, 0.3) is 0 Å². The summed E-state index contributed by atoms with van der Waals surface area (Å²) >= 11 is 0. The van der Waals surface area contributed by atoms with Gasteiger partial charge in [0.2, 0.25) is 0 Å². The van der Waals surface area contributed by atoms with E-state index in [9.17, 15) is 0 Å². The minimum Gasteiger partial charge on any atom is -0.382 e. The lowest BCUT2D eigenvalue weighted by Gasteiger charge is -2.07. The second-order valence-corrected chi connectivity index (χ2v) is 4.88. The predicted molar refractivity (Wildman–Crippen MR) is 70.0 cm³/mol. The van der Waals surface area contributed by atoms with Crippen LogP contribution in [0.1, 0.15) is 49.8 Å². The molecular weight excluding hydrogens is 212 g/mol. The number of aryl methyl sites for hydroxylation is 2. The highest BCUT2D eigenvalue weighted by atomic mass is 16.5. The van der Waals surface area contributed by atoms with Crippen LogP contribution < -0.4 is 5.73 Å². The van der Waals surface area contributed by atoms with Gasteiger partial charge in [-0.25, -0.2) is 0 Å². The van der Waals surface area contributed by atoms with Gasteiger partial charge in [-0.3, -0.25) is 0 Å². The first-order valence-electron chi connectivity index (χ1n) is 6.83. The van der Waals surface area contributed by atoms with Crippen LogP contribution in [0.5, 0.6) is 0 Å². The van der Waals surface area contributed by atoms with E-state index in [1.165, 1.54) is 30.4 Å². The number of rotatable bonds is 5. The number of nitrogens with two attached hydrogens (primary N) is 1. The Labute approximate surface area is 104 Å². The molecule has 1 aromatic rings. The molecule has 0 amide bonds. The van der Waals surface area contributed by atoms with Crippen molar-refractivity contribution in [2.45, 2.75) is 51.6 Å². The smallest absolute Gasteiger partial charge is 0.0482 e. The third kappa shape index (κ3) is 3.33. The molecule has 2 N–H and O–H groups in total. The zero-order valence-electron chi connectivity index (χ0n) is 10.8. The summed E-state index contributed by atoms with van der Waals surface area (Å²) in [6.45, 7) is 4.75. The van der Waals surface area contributed by atoms with E-state index in [0.29, 0.717) is 0 Å². The average Bonchev–Trinajstić information content (AvgIpc) is 2.66. The lowest BCUT2D eigenvalue weighted by atomic mass is 10.1. The monoisotopic (exact) mass is 236 g/mol. The molecule has 0 saturated heterocycles. The minimum atomic E-state index is 0.251. The third-order valence-electron chi connectivity index (χ3n) is 3.52. The largest absolute Gasteiger partial charge is 0.382 e.